The summed E-state index contributed by atoms with van der Waals surface area (Å²) in [4.78, 5) is 4.64. The first-order valence-corrected chi connectivity index (χ1v) is 7.65. The van der Waals surface area contributed by atoms with Gasteiger partial charge < -0.3 is 10.4 Å². The number of hydrogen-bond acceptors (Lipinski definition) is 4. The highest BCUT2D eigenvalue weighted by Crippen LogP contribution is 2.29. The summed E-state index contributed by atoms with van der Waals surface area (Å²) in [7, 11) is 0. The maximum absolute atomic E-state index is 10.2. The molecule has 0 radical (unpaired) electrons. The Morgan fingerprint density at radius 2 is 2.06 bits per heavy atom. The Hall–Kier alpha value is -0.450. The third kappa shape index (κ3) is 3.53. The van der Waals surface area contributed by atoms with Gasteiger partial charge in [0, 0.05) is 23.9 Å². The first-order valence-electron chi connectivity index (χ1n) is 6.77. The van der Waals surface area contributed by atoms with Crippen LogP contribution in [0.2, 0.25) is 0 Å². The molecule has 0 atom stereocenters. The molecule has 1 aliphatic rings. The van der Waals surface area contributed by atoms with E-state index in [0.29, 0.717) is 6.54 Å². The molecule has 1 fully saturated rings. The van der Waals surface area contributed by atoms with Crippen LogP contribution in [-0.4, -0.2) is 22.2 Å². The SMILES string of the molecule is CC(C)(C)c1csc(CNCC2(O)CCCC2)n1. The van der Waals surface area contributed by atoms with Gasteiger partial charge in [-0.15, -0.1) is 11.3 Å². The van der Waals surface area contributed by atoms with Crippen LogP contribution < -0.4 is 5.32 Å². The van der Waals surface area contributed by atoms with E-state index in [1.165, 1.54) is 0 Å². The van der Waals surface area contributed by atoms with Gasteiger partial charge in [-0.3, -0.25) is 0 Å². The molecule has 102 valence electrons. The largest absolute Gasteiger partial charge is 0.389 e. The van der Waals surface area contributed by atoms with Crippen molar-refractivity contribution in [3.63, 3.8) is 0 Å². The Labute approximate surface area is 114 Å². The van der Waals surface area contributed by atoms with Gasteiger partial charge in [0.25, 0.3) is 0 Å². The molecule has 0 spiro atoms. The second-order valence-corrected chi connectivity index (χ2v) is 7.35. The average molecular weight is 268 g/mol. The molecule has 0 amide bonds. The van der Waals surface area contributed by atoms with E-state index in [2.05, 4.69) is 36.5 Å². The first kappa shape index (κ1) is 14.0. The summed E-state index contributed by atoms with van der Waals surface area (Å²) in [5, 5.41) is 16.8. The Bertz CT molecular complexity index is 389. The van der Waals surface area contributed by atoms with Crippen molar-refractivity contribution >= 4 is 11.3 Å². The van der Waals surface area contributed by atoms with E-state index >= 15 is 0 Å². The zero-order valence-corrected chi connectivity index (χ0v) is 12.4. The molecule has 18 heavy (non-hydrogen) atoms. The fourth-order valence-corrected chi connectivity index (χ4v) is 3.34. The molecule has 0 unspecified atom stereocenters. The number of aliphatic hydroxyl groups is 1. The van der Waals surface area contributed by atoms with Crippen molar-refractivity contribution in [3.05, 3.63) is 16.1 Å². The molecule has 0 saturated heterocycles. The lowest BCUT2D eigenvalue weighted by atomic mass is 9.93. The minimum Gasteiger partial charge on any atom is -0.389 e. The van der Waals surface area contributed by atoms with Crippen LogP contribution in [0.3, 0.4) is 0 Å². The molecule has 1 aromatic heterocycles. The number of nitrogens with zero attached hydrogens (tertiary/aromatic N) is 1. The molecular formula is C14H24N2OS. The molecule has 1 aliphatic carbocycles. The van der Waals surface area contributed by atoms with Crippen molar-refractivity contribution in [1.29, 1.82) is 0 Å². The van der Waals surface area contributed by atoms with Crippen LogP contribution in [0.1, 0.15) is 57.2 Å². The highest BCUT2D eigenvalue weighted by molar-refractivity contribution is 7.09. The lowest BCUT2D eigenvalue weighted by molar-refractivity contribution is 0.0475. The predicted octanol–water partition coefficient (Wildman–Crippen LogP) is 2.84. The molecule has 1 saturated carbocycles. The van der Waals surface area contributed by atoms with Crippen molar-refractivity contribution in [1.82, 2.24) is 10.3 Å². The van der Waals surface area contributed by atoms with Crippen molar-refractivity contribution in [2.24, 2.45) is 0 Å². The van der Waals surface area contributed by atoms with E-state index in [1.807, 2.05) is 0 Å². The normalized spacial score (nSPS) is 19.3. The summed E-state index contributed by atoms with van der Waals surface area (Å²) in [6.45, 7) is 8.00. The molecule has 2 rings (SSSR count). The van der Waals surface area contributed by atoms with Crippen molar-refractivity contribution in [2.75, 3.05) is 6.54 Å². The van der Waals surface area contributed by atoms with Gasteiger partial charge >= 0.3 is 0 Å². The predicted molar refractivity (Wildman–Crippen MR) is 75.9 cm³/mol. The van der Waals surface area contributed by atoms with Crippen LogP contribution in [0.15, 0.2) is 5.38 Å². The zero-order chi connectivity index (χ0) is 13.2. The van der Waals surface area contributed by atoms with Crippen LogP contribution in [0.5, 0.6) is 0 Å². The summed E-state index contributed by atoms with van der Waals surface area (Å²) < 4.78 is 0. The van der Waals surface area contributed by atoms with Gasteiger partial charge in [0.1, 0.15) is 5.01 Å². The molecule has 3 nitrogen and oxygen atoms in total. The number of thiazole rings is 1. The smallest absolute Gasteiger partial charge is 0.107 e. The van der Waals surface area contributed by atoms with Crippen LogP contribution >= 0.6 is 11.3 Å². The molecule has 1 heterocycles. The van der Waals surface area contributed by atoms with E-state index in [1.54, 1.807) is 11.3 Å². The topological polar surface area (TPSA) is 45.1 Å². The van der Waals surface area contributed by atoms with Crippen LogP contribution in [0, 0.1) is 0 Å². The minimum atomic E-state index is -0.468. The molecule has 4 heteroatoms. The highest BCUT2D eigenvalue weighted by atomic mass is 32.1. The maximum Gasteiger partial charge on any atom is 0.107 e. The lowest BCUT2D eigenvalue weighted by Gasteiger charge is -2.22. The maximum atomic E-state index is 10.2. The molecule has 0 bridgehead atoms. The van der Waals surface area contributed by atoms with Gasteiger partial charge in [-0.05, 0) is 12.8 Å². The Balaban J connectivity index is 1.82. The third-order valence-corrected chi connectivity index (χ3v) is 4.43. The molecule has 1 aromatic rings. The molecule has 2 N–H and O–H groups in total. The number of rotatable bonds is 4. The lowest BCUT2D eigenvalue weighted by Crippen LogP contribution is -2.37. The third-order valence-electron chi connectivity index (χ3n) is 3.58. The van der Waals surface area contributed by atoms with Gasteiger partial charge in [0.15, 0.2) is 0 Å². The first-order chi connectivity index (χ1) is 8.39. The summed E-state index contributed by atoms with van der Waals surface area (Å²) in [6, 6.07) is 0. The second-order valence-electron chi connectivity index (χ2n) is 6.41. The van der Waals surface area contributed by atoms with Gasteiger partial charge in [0.2, 0.25) is 0 Å². The van der Waals surface area contributed by atoms with E-state index < -0.39 is 5.60 Å². The Morgan fingerprint density at radius 3 is 2.61 bits per heavy atom. The van der Waals surface area contributed by atoms with E-state index in [-0.39, 0.29) is 5.41 Å². The number of hydrogen-bond donors (Lipinski definition) is 2. The van der Waals surface area contributed by atoms with Crippen molar-refractivity contribution in [2.45, 2.75) is 64.0 Å². The molecular weight excluding hydrogens is 244 g/mol. The summed E-state index contributed by atoms with van der Waals surface area (Å²) in [5.74, 6) is 0. The standard InChI is InChI=1S/C14H24N2OS/c1-13(2,3)11-9-18-12(16-11)8-15-10-14(17)6-4-5-7-14/h9,15,17H,4-8,10H2,1-3H3. The van der Waals surface area contributed by atoms with Crippen LogP contribution in [-0.2, 0) is 12.0 Å². The van der Waals surface area contributed by atoms with Gasteiger partial charge in [-0.25, -0.2) is 4.98 Å². The van der Waals surface area contributed by atoms with Crippen molar-refractivity contribution in [3.8, 4) is 0 Å². The fraction of sp³-hybridized carbons (Fsp3) is 0.786. The summed E-state index contributed by atoms with van der Waals surface area (Å²) in [5.41, 5.74) is 0.812. The summed E-state index contributed by atoms with van der Waals surface area (Å²) in [6.07, 6.45) is 4.18. The van der Waals surface area contributed by atoms with Crippen molar-refractivity contribution < 1.29 is 5.11 Å². The fourth-order valence-electron chi connectivity index (χ4n) is 2.35. The van der Waals surface area contributed by atoms with E-state index in [4.69, 9.17) is 0 Å². The Kier molecular flexibility index (Phi) is 4.09. The number of aromatic nitrogens is 1. The minimum absolute atomic E-state index is 0.123. The highest BCUT2D eigenvalue weighted by Gasteiger charge is 2.30. The monoisotopic (exact) mass is 268 g/mol. The Morgan fingerprint density at radius 1 is 1.39 bits per heavy atom. The quantitative estimate of drug-likeness (QED) is 0.882. The molecule has 0 aliphatic heterocycles. The van der Waals surface area contributed by atoms with Gasteiger partial charge in [-0.1, -0.05) is 33.6 Å². The van der Waals surface area contributed by atoms with Gasteiger partial charge in [-0.2, -0.15) is 0 Å². The zero-order valence-electron chi connectivity index (χ0n) is 11.6. The van der Waals surface area contributed by atoms with Gasteiger partial charge in [0.05, 0.1) is 11.3 Å². The number of nitrogens with one attached hydrogen (secondary N) is 1. The van der Waals surface area contributed by atoms with E-state index in [9.17, 15) is 5.11 Å². The molecule has 0 aromatic carbocycles. The van der Waals surface area contributed by atoms with Crippen LogP contribution in [0.4, 0.5) is 0 Å². The average Bonchev–Trinajstić information content (AvgIpc) is 2.87. The second kappa shape index (κ2) is 5.27. The van der Waals surface area contributed by atoms with E-state index in [0.717, 1.165) is 42.9 Å². The summed E-state index contributed by atoms with van der Waals surface area (Å²) >= 11 is 1.70. The van der Waals surface area contributed by atoms with Crippen LogP contribution in [0.25, 0.3) is 0 Å².